The molecule has 28 heavy (non-hydrogen) atoms. The molecule has 1 aromatic carbocycles. The van der Waals surface area contributed by atoms with E-state index in [1.54, 1.807) is 6.92 Å². The highest BCUT2D eigenvalue weighted by Crippen LogP contribution is 2.30. The average Bonchev–Trinajstić information content (AvgIpc) is 2.64. The fraction of sp³-hybridized carbons (Fsp3) is 0.611. The first-order valence-corrected chi connectivity index (χ1v) is 8.79. The largest absolute Gasteiger partial charge is 1.00 e. The lowest BCUT2D eigenvalue weighted by molar-refractivity contribution is -0.415. The summed E-state index contributed by atoms with van der Waals surface area (Å²) in [6.45, 7) is 4.16. The van der Waals surface area contributed by atoms with E-state index in [9.17, 15) is 18.0 Å². The number of rotatable bonds is 5. The van der Waals surface area contributed by atoms with Gasteiger partial charge in [0.25, 0.3) is 0 Å². The van der Waals surface area contributed by atoms with Crippen LogP contribution in [0.3, 0.4) is 0 Å². The molecule has 2 rings (SSSR count). The molecule has 0 spiro atoms. The Morgan fingerprint density at radius 1 is 1.21 bits per heavy atom. The normalized spacial score (nSPS) is 26.3. The molecule has 0 unspecified atom stereocenters. The van der Waals surface area contributed by atoms with E-state index < -0.39 is 42.1 Å². The number of carbonyl (C=O) groups excluding carboxylic acids is 1. The second-order valence-electron chi connectivity index (χ2n) is 6.39. The highest BCUT2D eigenvalue weighted by atomic mass is 35.5. The van der Waals surface area contributed by atoms with Crippen LogP contribution in [0.4, 0.5) is 13.2 Å². The molecule has 1 aliphatic heterocycles. The number of alkyl halides is 3. The zero-order valence-electron chi connectivity index (χ0n) is 15.7. The Hall–Kier alpha value is -1.55. The van der Waals surface area contributed by atoms with Crippen LogP contribution in [-0.4, -0.2) is 50.1 Å². The van der Waals surface area contributed by atoms with Crippen molar-refractivity contribution in [3.05, 3.63) is 29.8 Å². The highest BCUT2D eigenvalue weighted by molar-refractivity contribution is 5.74. The molecule has 6 nitrogen and oxygen atoms in total. The Labute approximate surface area is 167 Å². The van der Waals surface area contributed by atoms with Crippen LogP contribution in [-0.2, 0) is 25.2 Å². The fourth-order valence-corrected chi connectivity index (χ4v) is 2.63. The summed E-state index contributed by atoms with van der Waals surface area (Å²) in [4.78, 5) is 12.0. The van der Waals surface area contributed by atoms with Crippen molar-refractivity contribution in [1.82, 2.24) is 0 Å². The van der Waals surface area contributed by atoms with Gasteiger partial charge in [0.05, 0.1) is 12.2 Å². The Kier molecular flexibility index (Phi) is 9.49. The minimum Gasteiger partial charge on any atom is -1.00 e. The third kappa shape index (κ3) is 6.80. The van der Waals surface area contributed by atoms with Crippen LogP contribution in [0.25, 0.3) is 0 Å². The molecule has 1 fully saturated rings. The summed E-state index contributed by atoms with van der Waals surface area (Å²) in [7, 11) is 0. The lowest BCUT2D eigenvalue weighted by Crippen LogP contribution is -3.00. The number of esters is 1. The van der Waals surface area contributed by atoms with Gasteiger partial charge in [-0.05, 0) is 37.6 Å². The number of ether oxygens (including phenoxy) is 4. The molecule has 1 saturated heterocycles. The quantitative estimate of drug-likeness (QED) is 0.599. The summed E-state index contributed by atoms with van der Waals surface area (Å²) in [6.07, 6.45) is -5.61. The van der Waals surface area contributed by atoms with Gasteiger partial charge in [0.2, 0.25) is 6.04 Å². The molecule has 0 saturated carbocycles. The molecule has 1 heterocycles. The van der Waals surface area contributed by atoms with Crippen LogP contribution in [0.5, 0.6) is 5.75 Å². The minimum absolute atomic E-state index is 0. The molecule has 160 valence electrons. The Morgan fingerprint density at radius 3 is 2.43 bits per heavy atom. The van der Waals surface area contributed by atoms with E-state index in [-0.39, 0.29) is 31.4 Å². The highest BCUT2D eigenvalue weighted by Gasteiger charge is 2.36. The van der Waals surface area contributed by atoms with Gasteiger partial charge in [0.15, 0.2) is 6.10 Å². The van der Waals surface area contributed by atoms with Crippen LogP contribution in [0, 0.1) is 0 Å². The van der Waals surface area contributed by atoms with Gasteiger partial charge >= 0.3 is 12.1 Å². The Balaban J connectivity index is 0.00000392. The minimum atomic E-state index is -4.42. The first-order chi connectivity index (χ1) is 12.7. The second-order valence-corrected chi connectivity index (χ2v) is 6.39. The lowest BCUT2D eigenvalue weighted by Gasteiger charge is -2.30. The molecule has 10 heteroatoms. The summed E-state index contributed by atoms with van der Waals surface area (Å²) in [5.74, 6) is -0.256. The van der Waals surface area contributed by atoms with Crippen LogP contribution in [0.1, 0.15) is 25.8 Å². The number of carbonyl (C=O) groups is 1. The molecule has 1 aromatic rings. The van der Waals surface area contributed by atoms with E-state index in [1.807, 2.05) is 6.92 Å². The zero-order valence-corrected chi connectivity index (χ0v) is 16.5. The summed E-state index contributed by atoms with van der Waals surface area (Å²) in [5.41, 5.74) is 2.94. The van der Waals surface area contributed by atoms with Gasteiger partial charge in [-0.3, -0.25) is 0 Å². The van der Waals surface area contributed by atoms with Gasteiger partial charge in [-0.1, -0.05) is 6.92 Å². The fourth-order valence-electron chi connectivity index (χ4n) is 2.63. The van der Waals surface area contributed by atoms with Crippen molar-refractivity contribution in [3.63, 3.8) is 0 Å². The molecule has 0 bridgehead atoms. The molecular weight excluding hydrogens is 403 g/mol. The molecule has 0 aliphatic carbocycles. The maximum atomic E-state index is 12.7. The van der Waals surface area contributed by atoms with Crippen molar-refractivity contribution in [2.24, 2.45) is 0 Å². The summed E-state index contributed by atoms with van der Waals surface area (Å²) in [6, 6.07) is 3.70. The zero-order chi connectivity index (χ0) is 20.0. The molecule has 0 aromatic heterocycles. The SMILES string of the molecule is CCCO[C@H]1[C@H](C)OC(=O)[C@@H]([NH3+])COC[C@@H]1Oc1ccc(C(F)(F)F)cc1.[Cl-]. The first kappa shape index (κ1) is 24.5. The van der Waals surface area contributed by atoms with Crippen molar-refractivity contribution in [3.8, 4) is 5.75 Å². The Bertz CT molecular complexity index is 614. The second kappa shape index (κ2) is 10.8. The van der Waals surface area contributed by atoms with Crippen LogP contribution in [0.15, 0.2) is 24.3 Å². The Morgan fingerprint density at radius 2 is 1.86 bits per heavy atom. The molecule has 0 radical (unpaired) electrons. The van der Waals surface area contributed by atoms with E-state index in [0.717, 1.165) is 18.6 Å². The number of benzene rings is 1. The molecule has 0 amide bonds. The maximum Gasteiger partial charge on any atom is 0.416 e. The molecule has 1 aliphatic rings. The predicted molar refractivity (Wildman–Crippen MR) is 88.9 cm³/mol. The number of hydrogen-bond donors (Lipinski definition) is 1. The number of halogens is 4. The third-order valence-corrected chi connectivity index (χ3v) is 4.05. The van der Waals surface area contributed by atoms with E-state index >= 15 is 0 Å². The van der Waals surface area contributed by atoms with Gasteiger partial charge in [-0.25, -0.2) is 4.79 Å². The van der Waals surface area contributed by atoms with Gasteiger partial charge < -0.3 is 37.1 Å². The van der Waals surface area contributed by atoms with Crippen molar-refractivity contribution in [2.75, 3.05) is 19.8 Å². The topological polar surface area (TPSA) is 81.6 Å². The van der Waals surface area contributed by atoms with Gasteiger partial charge in [0, 0.05) is 6.61 Å². The number of hydrogen-bond acceptors (Lipinski definition) is 5. The number of quaternary nitrogens is 1. The number of cyclic esters (lactones) is 1. The lowest BCUT2D eigenvalue weighted by atomic mass is 10.1. The van der Waals surface area contributed by atoms with E-state index in [4.69, 9.17) is 18.9 Å². The average molecular weight is 428 g/mol. The van der Waals surface area contributed by atoms with Crippen molar-refractivity contribution in [1.29, 1.82) is 0 Å². The van der Waals surface area contributed by atoms with Crippen LogP contribution >= 0.6 is 0 Å². The molecular formula is C18H25ClF3NO5. The third-order valence-electron chi connectivity index (χ3n) is 4.05. The molecule has 3 N–H and O–H groups in total. The first-order valence-electron chi connectivity index (χ1n) is 8.79. The summed E-state index contributed by atoms with van der Waals surface area (Å²) in [5, 5.41) is 0. The van der Waals surface area contributed by atoms with Crippen molar-refractivity contribution in [2.45, 2.75) is 50.8 Å². The van der Waals surface area contributed by atoms with Crippen LogP contribution in [0.2, 0.25) is 0 Å². The molecule has 4 atom stereocenters. The van der Waals surface area contributed by atoms with Gasteiger partial charge in [-0.2, -0.15) is 13.2 Å². The van der Waals surface area contributed by atoms with Crippen molar-refractivity contribution < 1.29 is 55.1 Å². The smallest absolute Gasteiger partial charge is 0.416 e. The van der Waals surface area contributed by atoms with E-state index in [1.165, 1.54) is 12.1 Å². The maximum absolute atomic E-state index is 12.7. The van der Waals surface area contributed by atoms with Crippen LogP contribution < -0.4 is 22.9 Å². The summed E-state index contributed by atoms with van der Waals surface area (Å²) >= 11 is 0. The van der Waals surface area contributed by atoms with E-state index in [2.05, 4.69) is 5.73 Å². The van der Waals surface area contributed by atoms with E-state index in [0.29, 0.717) is 6.61 Å². The monoisotopic (exact) mass is 427 g/mol. The standard InChI is InChI=1S/C18H24F3NO5.ClH/c1-3-8-25-16-11(2)26-17(23)14(22)9-24-10-15(16)27-13-6-4-12(5-7-13)18(19,20)21;/h4-7,11,14-16H,3,8-10,22H2,1-2H3;1H/t11-,14-,15-,16-;/m0./s1. The predicted octanol–water partition coefficient (Wildman–Crippen LogP) is -1.18. The van der Waals surface area contributed by atoms with Gasteiger partial charge in [-0.15, -0.1) is 0 Å². The summed E-state index contributed by atoms with van der Waals surface area (Å²) < 4.78 is 60.7. The van der Waals surface area contributed by atoms with Gasteiger partial charge in [0.1, 0.15) is 24.6 Å². The van der Waals surface area contributed by atoms with Crippen molar-refractivity contribution >= 4 is 5.97 Å².